The Bertz CT molecular complexity index is 1630. The summed E-state index contributed by atoms with van der Waals surface area (Å²) in [6, 6.07) is 8.00. The molecular formula is C28H30ClF3N8O. The van der Waals surface area contributed by atoms with Crippen LogP contribution in [0.3, 0.4) is 0 Å². The zero-order valence-electron chi connectivity index (χ0n) is 22.9. The molecule has 13 heteroatoms. The van der Waals surface area contributed by atoms with Crippen LogP contribution in [0.4, 0.5) is 24.5 Å². The first-order valence-electron chi connectivity index (χ1n) is 13.0. The molecule has 1 aliphatic heterocycles. The minimum Gasteiger partial charge on any atom is -0.383 e. The molecule has 1 aromatic carbocycles. The fourth-order valence-corrected chi connectivity index (χ4v) is 5.05. The summed E-state index contributed by atoms with van der Waals surface area (Å²) in [5.74, 6) is 0. The van der Waals surface area contributed by atoms with Gasteiger partial charge in [0.25, 0.3) is 5.56 Å². The van der Waals surface area contributed by atoms with Gasteiger partial charge in [-0.05, 0) is 42.5 Å². The number of rotatable bonds is 7. The molecule has 3 aromatic rings. The number of alkyl halides is 3. The fraction of sp³-hybridized carbons (Fsp3) is 0.393. The van der Waals surface area contributed by atoms with Crippen LogP contribution in [0.15, 0.2) is 53.4 Å². The van der Waals surface area contributed by atoms with Gasteiger partial charge in [0.1, 0.15) is 6.07 Å². The smallest absolute Gasteiger partial charge is 0.383 e. The van der Waals surface area contributed by atoms with Crippen molar-refractivity contribution in [2.75, 3.05) is 17.2 Å². The number of nitriles is 1. The van der Waals surface area contributed by atoms with Crippen molar-refractivity contribution in [1.29, 1.82) is 5.26 Å². The molecule has 2 aliphatic rings. The average Bonchev–Trinajstić information content (AvgIpc) is 3.58. The molecule has 0 spiro atoms. The van der Waals surface area contributed by atoms with E-state index in [2.05, 4.69) is 53.4 Å². The summed E-state index contributed by atoms with van der Waals surface area (Å²) in [6.45, 7) is 6.75. The minimum absolute atomic E-state index is 0.0426. The monoisotopic (exact) mass is 586 g/mol. The summed E-state index contributed by atoms with van der Waals surface area (Å²) in [5.41, 5.74) is 5.52. The number of aromatic nitrogens is 2. The van der Waals surface area contributed by atoms with E-state index in [4.69, 9.17) is 11.6 Å². The van der Waals surface area contributed by atoms with E-state index in [1.807, 2.05) is 0 Å². The lowest BCUT2D eigenvalue weighted by Crippen LogP contribution is -2.52. The van der Waals surface area contributed by atoms with Gasteiger partial charge in [-0.1, -0.05) is 32.4 Å². The van der Waals surface area contributed by atoms with Gasteiger partial charge in [0.15, 0.2) is 5.54 Å². The standard InChI is InChI=1S/C28H30ClF3N8O/c1-26(2,3)15-35-22-16(12-33)13-34-23-19(22)10-17(11-20(23)29)36-24(18-6-5-9-39(4)25(18)41)21-14-40(38-37-21)27(7-8-27)28(30,31)32/h5-6,9-11,13-14,24,36-38H,7-8,15H2,1-4H3,(H,34,35)/t24-/m0/s1. The molecule has 9 nitrogen and oxygen atoms in total. The van der Waals surface area contributed by atoms with Crippen molar-refractivity contribution >= 4 is 33.9 Å². The van der Waals surface area contributed by atoms with Crippen LogP contribution in [0.5, 0.6) is 0 Å². The quantitative estimate of drug-likeness (QED) is 0.294. The lowest BCUT2D eigenvalue weighted by atomic mass is 9.96. The molecule has 3 heterocycles. The van der Waals surface area contributed by atoms with Gasteiger partial charge in [0.05, 0.1) is 33.5 Å². The summed E-state index contributed by atoms with van der Waals surface area (Å²) in [7, 11) is 1.60. The number of halogens is 4. The second-order valence-electron chi connectivity index (χ2n) is 11.6. The van der Waals surface area contributed by atoms with Gasteiger partial charge in [-0.25, -0.2) is 0 Å². The third kappa shape index (κ3) is 5.39. The first-order valence-corrected chi connectivity index (χ1v) is 13.4. The highest BCUT2D eigenvalue weighted by Crippen LogP contribution is 2.53. The van der Waals surface area contributed by atoms with Gasteiger partial charge in [0.2, 0.25) is 0 Å². The molecule has 0 unspecified atom stereocenters. The Balaban J connectivity index is 1.59. The summed E-state index contributed by atoms with van der Waals surface area (Å²) in [4.78, 5) is 17.6. The highest BCUT2D eigenvalue weighted by Gasteiger charge is 2.67. The predicted molar refractivity (Wildman–Crippen MR) is 152 cm³/mol. The molecule has 4 N–H and O–H groups in total. The first-order chi connectivity index (χ1) is 19.2. The molecule has 1 fully saturated rings. The maximum Gasteiger partial charge on any atom is 0.413 e. The van der Waals surface area contributed by atoms with E-state index in [9.17, 15) is 23.2 Å². The first kappa shape index (κ1) is 28.6. The Morgan fingerprint density at radius 1 is 1.27 bits per heavy atom. The van der Waals surface area contributed by atoms with Crippen molar-refractivity contribution in [1.82, 2.24) is 25.5 Å². The van der Waals surface area contributed by atoms with Crippen molar-refractivity contribution < 1.29 is 13.2 Å². The number of hydrogen-bond acceptors (Lipinski definition) is 8. The van der Waals surface area contributed by atoms with Crippen molar-refractivity contribution in [3.63, 3.8) is 0 Å². The van der Waals surface area contributed by atoms with E-state index in [0.29, 0.717) is 50.7 Å². The van der Waals surface area contributed by atoms with E-state index in [1.54, 1.807) is 37.5 Å². The van der Waals surface area contributed by atoms with E-state index in [1.165, 1.54) is 17.0 Å². The molecule has 0 bridgehead atoms. The maximum absolute atomic E-state index is 13.8. The highest BCUT2D eigenvalue weighted by atomic mass is 35.5. The van der Waals surface area contributed by atoms with Crippen molar-refractivity contribution in [2.45, 2.75) is 51.4 Å². The molecule has 216 valence electrons. The Labute approximate surface area is 239 Å². The van der Waals surface area contributed by atoms with Crippen LogP contribution in [-0.2, 0) is 7.05 Å². The van der Waals surface area contributed by atoms with Gasteiger partial charge in [0, 0.05) is 48.8 Å². The van der Waals surface area contributed by atoms with Gasteiger partial charge in [-0.15, -0.1) is 5.53 Å². The largest absolute Gasteiger partial charge is 0.413 e. The lowest BCUT2D eigenvalue weighted by Gasteiger charge is -2.28. The number of benzene rings is 1. The van der Waals surface area contributed by atoms with Crippen LogP contribution in [0, 0.1) is 16.7 Å². The van der Waals surface area contributed by atoms with Gasteiger partial charge in [-0.3, -0.25) is 14.8 Å². The maximum atomic E-state index is 13.8. The van der Waals surface area contributed by atoms with Crippen molar-refractivity contribution in [3.05, 3.63) is 75.1 Å². The zero-order chi connectivity index (χ0) is 29.7. The van der Waals surface area contributed by atoms with Crippen LogP contribution >= 0.6 is 11.6 Å². The van der Waals surface area contributed by atoms with E-state index < -0.39 is 17.8 Å². The van der Waals surface area contributed by atoms with Gasteiger partial charge < -0.3 is 20.6 Å². The number of nitrogens with zero attached hydrogens (tertiary/aromatic N) is 4. The SMILES string of the molecule is Cn1cccc([C@H](Nc2cc(Cl)c3ncc(C#N)c(NCC(C)(C)C)c3c2)C2=CN(C3(C(F)(F)F)CC3)NN2)c1=O. The van der Waals surface area contributed by atoms with Crippen LogP contribution in [0.25, 0.3) is 10.9 Å². The second kappa shape index (κ2) is 10.2. The minimum atomic E-state index is -4.44. The Morgan fingerprint density at radius 3 is 2.63 bits per heavy atom. The summed E-state index contributed by atoms with van der Waals surface area (Å²) in [5, 5.41) is 18.3. The third-order valence-corrected chi connectivity index (χ3v) is 7.52. The van der Waals surface area contributed by atoms with Crippen LogP contribution < -0.4 is 27.2 Å². The molecule has 1 aliphatic carbocycles. The topological polar surface area (TPSA) is 110 Å². The number of aryl methyl sites for hydroxylation is 1. The Hall–Kier alpha value is -3.95. The number of anilines is 2. The van der Waals surface area contributed by atoms with Crippen molar-refractivity contribution in [3.8, 4) is 6.07 Å². The van der Waals surface area contributed by atoms with Crippen LogP contribution in [0.1, 0.15) is 50.8 Å². The average molecular weight is 587 g/mol. The second-order valence-corrected chi connectivity index (χ2v) is 12.0. The molecular weight excluding hydrogens is 557 g/mol. The zero-order valence-corrected chi connectivity index (χ0v) is 23.7. The van der Waals surface area contributed by atoms with Crippen LogP contribution in [0.2, 0.25) is 5.02 Å². The molecule has 2 aromatic heterocycles. The molecule has 1 atom stereocenters. The van der Waals surface area contributed by atoms with E-state index in [0.717, 1.165) is 5.01 Å². The van der Waals surface area contributed by atoms with E-state index in [-0.39, 0.29) is 23.8 Å². The molecule has 0 amide bonds. The lowest BCUT2D eigenvalue weighted by molar-refractivity contribution is -0.195. The molecule has 41 heavy (non-hydrogen) atoms. The van der Waals surface area contributed by atoms with Crippen molar-refractivity contribution in [2.24, 2.45) is 12.5 Å². The molecule has 1 saturated carbocycles. The molecule has 5 rings (SSSR count). The summed E-state index contributed by atoms with van der Waals surface area (Å²) >= 11 is 6.65. The Kier molecular flexibility index (Phi) is 7.07. The van der Waals surface area contributed by atoms with Gasteiger partial charge >= 0.3 is 6.18 Å². The molecule has 0 radical (unpaired) electrons. The Morgan fingerprint density at radius 2 is 2.00 bits per heavy atom. The van der Waals surface area contributed by atoms with Gasteiger partial charge in [-0.2, -0.15) is 18.4 Å². The van der Waals surface area contributed by atoms with Crippen LogP contribution in [-0.4, -0.2) is 32.8 Å². The number of hydrogen-bond donors (Lipinski definition) is 4. The van der Waals surface area contributed by atoms with E-state index >= 15 is 0 Å². The number of nitrogens with one attached hydrogen (secondary N) is 4. The highest BCUT2D eigenvalue weighted by molar-refractivity contribution is 6.35. The number of fused-ring (bicyclic) bond motifs is 1. The summed E-state index contributed by atoms with van der Waals surface area (Å²) < 4.78 is 42.9. The normalized spacial score (nSPS) is 17.0. The number of pyridine rings is 2. The summed E-state index contributed by atoms with van der Waals surface area (Å²) in [6.07, 6.45) is -0.114. The molecule has 0 saturated heterocycles. The number of hydrazine groups is 2. The fourth-order valence-electron chi connectivity index (χ4n) is 4.78. The third-order valence-electron chi connectivity index (χ3n) is 7.23. The predicted octanol–water partition coefficient (Wildman–Crippen LogP) is 5.33.